The van der Waals surface area contributed by atoms with E-state index in [0.29, 0.717) is 0 Å². The lowest BCUT2D eigenvalue weighted by atomic mass is 10.4. The fraction of sp³-hybridized carbons (Fsp3) is 0.333. The molecular formula is C15H18N4S. The molecule has 4 nitrogen and oxygen atoms in total. The zero-order valence-corrected chi connectivity index (χ0v) is 12.4. The van der Waals surface area contributed by atoms with Crippen molar-refractivity contribution in [1.82, 2.24) is 15.3 Å². The van der Waals surface area contributed by atoms with Crippen molar-refractivity contribution in [3.8, 4) is 0 Å². The van der Waals surface area contributed by atoms with Gasteiger partial charge in [0.05, 0.1) is 0 Å². The molecule has 1 N–H and O–H groups in total. The van der Waals surface area contributed by atoms with Gasteiger partial charge in [0.1, 0.15) is 5.03 Å². The summed E-state index contributed by atoms with van der Waals surface area (Å²) < 4.78 is 0. The minimum atomic E-state index is 0.852. The van der Waals surface area contributed by atoms with E-state index < -0.39 is 0 Å². The summed E-state index contributed by atoms with van der Waals surface area (Å²) in [5.74, 6) is 0.852. The molecule has 104 valence electrons. The van der Waals surface area contributed by atoms with Crippen LogP contribution in [0.3, 0.4) is 0 Å². The van der Waals surface area contributed by atoms with Crippen molar-refractivity contribution in [2.75, 3.05) is 31.1 Å². The van der Waals surface area contributed by atoms with Crippen LogP contribution in [0.4, 0.5) is 5.95 Å². The van der Waals surface area contributed by atoms with Crippen LogP contribution in [-0.4, -0.2) is 36.1 Å². The third-order valence-electron chi connectivity index (χ3n) is 3.18. The Balaban J connectivity index is 1.82. The maximum Gasteiger partial charge on any atom is 0.226 e. The van der Waals surface area contributed by atoms with Gasteiger partial charge in [-0.15, -0.1) is 0 Å². The van der Waals surface area contributed by atoms with Gasteiger partial charge < -0.3 is 10.2 Å². The zero-order valence-electron chi connectivity index (χ0n) is 11.5. The smallest absolute Gasteiger partial charge is 0.226 e. The van der Waals surface area contributed by atoms with E-state index in [-0.39, 0.29) is 0 Å². The van der Waals surface area contributed by atoms with Gasteiger partial charge in [-0.1, -0.05) is 30.0 Å². The number of aryl methyl sites for hydroxylation is 1. The van der Waals surface area contributed by atoms with Crippen molar-refractivity contribution in [2.24, 2.45) is 0 Å². The van der Waals surface area contributed by atoms with Gasteiger partial charge in [-0.3, -0.25) is 0 Å². The molecule has 1 saturated heterocycles. The molecule has 1 aromatic heterocycles. The van der Waals surface area contributed by atoms with Gasteiger partial charge in [-0.25, -0.2) is 9.97 Å². The number of hydrogen-bond acceptors (Lipinski definition) is 5. The predicted molar refractivity (Wildman–Crippen MR) is 82.4 cm³/mol. The van der Waals surface area contributed by atoms with E-state index in [1.54, 1.807) is 11.8 Å². The molecule has 20 heavy (non-hydrogen) atoms. The van der Waals surface area contributed by atoms with Gasteiger partial charge in [-0.2, -0.15) is 0 Å². The molecule has 0 radical (unpaired) electrons. The topological polar surface area (TPSA) is 41.1 Å². The number of nitrogens with one attached hydrogen (secondary N) is 1. The number of anilines is 1. The molecule has 0 spiro atoms. The molecular weight excluding hydrogens is 268 g/mol. The number of benzene rings is 1. The van der Waals surface area contributed by atoms with Crippen molar-refractivity contribution in [3.63, 3.8) is 0 Å². The van der Waals surface area contributed by atoms with Gasteiger partial charge >= 0.3 is 0 Å². The first kappa shape index (κ1) is 13.4. The lowest BCUT2D eigenvalue weighted by Gasteiger charge is -2.27. The molecule has 0 atom stereocenters. The molecule has 1 aromatic carbocycles. The monoisotopic (exact) mass is 286 g/mol. The summed E-state index contributed by atoms with van der Waals surface area (Å²) in [5.41, 5.74) is 1.02. The van der Waals surface area contributed by atoms with Gasteiger partial charge in [-0.05, 0) is 25.1 Å². The average Bonchev–Trinajstić information content (AvgIpc) is 2.49. The van der Waals surface area contributed by atoms with Crippen LogP contribution in [-0.2, 0) is 0 Å². The second-order valence-corrected chi connectivity index (χ2v) is 5.89. The van der Waals surface area contributed by atoms with Crippen LogP contribution in [0.25, 0.3) is 0 Å². The quantitative estimate of drug-likeness (QED) is 0.877. The first-order chi connectivity index (χ1) is 9.81. The summed E-state index contributed by atoms with van der Waals surface area (Å²) in [5, 5.41) is 4.36. The summed E-state index contributed by atoms with van der Waals surface area (Å²) in [6.45, 7) is 5.97. The molecule has 2 heterocycles. The summed E-state index contributed by atoms with van der Waals surface area (Å²) in [4.78, 5) is 12.7. The van der Waals surface area contributed by atoms with Crippen LogP contribution in [0.5, 0.6) is 0 Å². The van der Waals surface area contributed by atoms with E-state index in [9.17, 15) is 0 Å². The number of hydrogen-bond donors (Lipinski definition) is 1. The second kappa shape index (κ2) is 6.24. The molecule has 0 bridgehead atoms. The average molecular weight is 286 g/mol. The van der Waals surface area contributed by atoms with E-state index >= 15 is 0 Å². The highest BCUT2D eigenvalue weighted by molar-refractivity contribution is 7.99. The SMILES string of the molecule is Cc1cc(Sc2ccccc2)nc(N2CCNCC2)n1. The van der Waals surface area contributed by atoms with Crippen LogP contribution in [0.15, 0.2) is 46.3 Å². The van der Waals surface area contributed by atoms with E-state index in [0.717, 1.165) is 42.8 Å². The summed E-state index contributed by atoms with van der Waals surface area (Å²) >= 11 is 1.69. The lowest BCUT2D eigenvalue weighted by molar-refractivity contribution is 0.577. The molecule has 1 aliphatic rings. The van der Waals surface area contributed by atoms with Gasteiger partial charge in [0.2, 0.25) is 5.95 Å². The van der Waals surface area contributed by atoms with Gasteiger partial charge in [0.25, 0.3) is 0 Å². The number of piperazine rings is 1. The Morgan fingerprint density at radius 1 is 1.10 bits per heavy atom. The summed E-state index contributed by atoms with van der Waals surface area (Å²) in [6.07, 6.45) is 0. The predicted octanol–water partition coefficient (Wildman–Crippen LogP) is 2.35. The van der Waals surface area contributed by atoms with Crippen molar-refractivity contribution < 1.29 is 0 Å². The normalized spacial score (nSPS) is 15.3. The highest BCUT2D eigenvalue weighted by atomic mass is 32.2. The molecule has 2 aromatic rings. The Morgan fingerprint density at radius 3 is 2.60 bits per heavy atom. The maximum absolute atomic E-state index is 4.70. The number of aromatic nitrogens is 2. The van der Waals surface area contributed by atoms with Crippen LogP contribution >= 0.6 is 11.8 Å². The molecule has 5 heteroatoms. The van der Waals surface area contributed by atoms with E-state index in [2.05, 4.69) is 27.3 Å². The van der Waals surface area contributed by atoms with Crippen LogP contribution < -0.4 is 10.2 Å². The highest BCUT2D eigenvalue weighted by Gasteiger charge is 2.14. The Hall–Kier alpha value is -1.59. The Kier molecular flexibility index (Phi) is 4.18. The summed E-state index contributed by atoms with van der Waals surface area (Å²) in [6, 6.07) is 12.4. The first-order valence-corrected chi connectivity index (χ1v) is 7.67. The van der Waals surface area contributed by atoms with Crippen LogP contribution in [0, 0.1) is 6.92 Å². The molecule has 0 unspecified atom stereocenters. The Bertz CT molecular complexity index is 567. The van der Waals surface area contributed by atoms with E-state index in [1.165, 1.54) is 4.90 Å². The van der Waals surface area contributed by atoms with E-state index in [4.69, 9.17) is 4.98 Å². The standard InChI is InChI=1S/C15H18N4S/c1-12-11-14(20-13-5-3-2-4-6-13)18-15(17-12)19-9-7-16-8-10-19/h2-6,11,16H,7-10H2,1H3. The minimum absolute atomic E-state index is 0.852. The lowest BCUT2D eigenvalue weighted by Crippen LogP contribution is -2.44. The maximum atomic E-state index is 4.70. The molecule has 1 fully saturated rings. The molecule has 3 rings (SSSR count). The Morgan fingerprint density at radius 2 is 1.85 bits per heavy atom. The molecule has 0 amide bonds. The number of nitrogens with zero attached hydrogens (tertiary/aromatic N) is 3. The molecule has 1 aliphatic heterocycles. The van der Waals surface area contributed by atoms with Crippen molar-refractivity contribution >= 4 is 17.7 Å². The number of rotatable bonds is 3. The fourth-order valence-electron chi connectivity index (χ4n) is 2.19. The fourth-order valence-corrected chi connectivity index (χ4v) is 3.08. The van der Waals surface area contributed by atoms with Crippen molar-refractivity contribution in [3.05, 3.63) is 42.1 Å². The van der Waals surface area contributed by atoms with Crippen LogP contribution in [0.2, 0.25) is 0 Å². The van der Waals surface area contributed by atoms with Crippen molar-refractivity contribution in [2.45, 2.75) is 16.8 Å². The summed E-state index contributed by atoms with van der Waals surface area (Å²) in [7, 11) is 0. The first-order valence-electron chi connectivity index (χ1n) is 6.85. The highest BCUT2D eigenvalue weighted by Crippen LogP contribution is 2.27. The van der Waals surface area contributed by atoms with E-state index in [1.807, 2.05) is 31.2 Å². The third kappa shape index (κ3) is 3.29. The molecule has 0 saturated carbocycles. The largest absolute Gasteiger partial charge is 0.338 e. The van der Waals surface area contributed by atoms with Gasteiger partial charge in [0.15, 0.2) is 0 Å². The Labute approximate surface area is 123 Å². The zero-order chi connectivity index (χ0) is 13.8. The third-order valence-corrected chi connectivity index (χ3v) is 4.11. The molecule has 0 aliphatic carbocycles. The van der Waals surface area contributed by atoms with Crippen LogP contribution in [0.1, 0.15) is 5.69 Å². The van der Waals surface area contributed by atoms with Crippen molar-refractivity contribution in [1.29, 1.82) is 0 Å². The minimum Gasteiger partial charge on any atom is -0.338 e. The second-order valence-electron chi connectivity index (χ2n) is 4.80. The van der Waals surface area contributed by atoms with Gasteiger partial charge in [0, 0.05) is 36.8 Å².